The maximum Gasteiger partial charge on any atom is 0.270 e. The Labute approximate surface area is 140 Å². The number of tetrazole rings is 1. The monoisotopic (exact) mass is 347 g/mol. The predicted molar refractivity (Wildman–Crippen MR) is 82.5 cm³/mol. The molecule has 1 aromatic carbocycles. The zero-order valence-electron chi connectivity index (χ0n) is 12.4. The predicted octanol–water partition coefficient (Wildman–Crippen LogP) is 1.69. The van der Waals surface area contributed by atoms with Gasteiger partial charge in [-0.15, -0.1) is 10.2 Å². The number of carbonyl (C=O) groups excluding carboxylic acids is 1. The first-order valence-corrected chi connectivity index (χ1v) is 7.22. The molecule has 0 spiro atoms. The first-order valence-electron chi connectivity index (χ1n) is 6.84. The van der Waals surface area contributed by atoms with Crippen LogP contribution in [0.1, 0.15) is 21.9 Å². The van der Waals surface area contributed by atoms with E-state index in [9.17, 15) is 9.18 Å². The SMILES string of the molecule is Cc1nc(C(=O)NCc2ccc(F)c(Cl)c2)cc(-c2nn[nH]n2)n1. The molecular formula is C14H11ClFN7O. The smallest absolute Gasteiger partial charge is 0.270 e. The van der Waals surface area contributed by atoms with E-state index >= 15 is 0 Å². The van der Waals surface area contributed by atoms with Crippen LogP contribution in [-0.2, 0) is 6.54 Å². The summed E-state index contributed by atoms with van der Waals surface area (Å²) in [5.41, 5.74) is 1.21. The molecule has 0 bridgehead atoms. The Morgan fingerprint density at radius 1 is 1.33 bits per heavy atom. The third kappa shape index (κ3) is 3.51. The molecule has 1 amide bonds. The van der Waals surface area contributed by atoms with Crippen molar-refractivity contribution in [2.75, 3.05) is 0 Å². The normalized spacial score (nSPS) is 10.6. The summed E-state index contributed by atoms with van der Waals surface area (Å²) < 4.78 is 13.1. The van der Waals surface area contributed by atoms with Gasteiger partial charge in [-0.3, -0.25) is 4.79 Å². The quantitative estimate of drug-likeness (QED) is 0.743. The Hall–Kier alpha value is -2.94. The number of halogens is 2. The number of carbonyl (C=O) groups is 1. The van der Waals surface area contributed by atoms with E-state index < -0.39 is 11.7 Å². The highest BCUT2D eigenvalue weighted by Gasteiger charge is 2.14. The summed E-state index contributed by atoms with van der Waals surface area (Å²) in [4.78, 5) is 20.5. The third-order valence-electron chi connectivity index (χ3n) is 3.08. The van der Waals surface area contributed by atoms with Crippen LogP contribution < -0.4 is 5.32 Å². The van der Waals surface area contributed by atoms with Crippen molar-refractivity contribution >= 4 is 17.5 Å². The van der Waals surface area contributed by atoms with Crippen LogP contribution >= 0.6 is 11.6 Å². The number of aromatic nitrogens is 6. The number of amides is 1. The summed E-state index contributed by atoms with van der Waals surface area (Å²) in [5.74, 6) is -0.263. The molecule has 122 valence electrons. The van der Waals surface area contributed by atoms with Gasteiger partial charge in [-0.1, -0.05) is 17.7 Å². The van der Waals surface area contributed by atoms with E-state index in [1.165, 1.54) is 24.3 Å². The molecule has 3 rings (SSSR count). The highest BCUT2D eigenvalue weighted by molar-refractivity contribution is 6.30. The average Bonchev–Trinajstić information content (AvgIpc) is 3.09. The van der Waals surface area contributed by atoms with Crippen molar-refractivity contribution in [1.29, 1.82) is 0 Å². The second-order valence-corrected chi connectivity index (χ2v) is 5.26. The van der Waals surface area contributed by atoms with Crippen LogP contribution in [0.2, 0.25) is 5.02 Å². The number of nitrogens with zero attached hydrogens (tertiary/aromatic N) is 5. The molecule has 2 heterocycles. The number of hydrogen-bond donors (Lipinski definition) is 2. The van der Waals surface area contributed by atoms with Gasteiger partial charge >= 0.3 is 0 Å². The van der Waals surface area contributed by atoms with E-state index in [1.54, 1.807) is 6.92 Å². The number of rotatable bonds is 4. The molecule has 0 radical (unpaired) electrons. The largest absolute Gasteiger partial charge is 0.347 e. The molecule has 24 heavy (non-hydrogen) atoms. The molecule has 8 nitrogen and oxygen atoms in total. The first-order chi connectivity index (χ1) is 11.5. The van der Waals surface area contributed by atoms with Gasteiger partial charge in [0, 0.05) is 6.54 Å². The van der Waals surface area contributed by atoms with Gasteiger partial charge in [-0.25, -0.2) is 14.4 Å². The minimum Gasteiger partial charge on any atom is -0.347 e. The van der Waals surface area contributed by atoms with Gasteiger partial charge in [0.15, 0.2) is 0 Å². The highest BCUT2D eigenvalue weighted by atomic mass is 35.5. The third-order valence-corrected chi connectivity index (χ3v) is 3.37. The summed E-state index contributed by atoms with van der Waals surface area (Å²) in [5, 5.41) is 16.1. The van der Waals surface area contributed by atoms with E-state index in [4.69, 9.17) is 11.6 Å². The van der Waals surface area contributed by atoms with Crippen LogP contribution in [0.4, 0.5) is 4.39 Å². The van der Waals surface area contributed by atoms with Crippen LogP contribution in [0.3, 0.4) is 0 Å². The molecule has 2 aromatic heterocycles. The number of hydrogen-bond acceptors (Lipinski definition) is 6. The molecule has 10 heteroatoms. The zero-order valence-corrected chi connectivity index (χ0v) is 13.2. The average molecular weight is 348 g/mol. The molecule has 2 N–H and O–H groups in total. The van der Waals surface area contributed by atoms with E-state index in [1.807, 2.05) is 0 Å². The number of benzene rings is 1. The lowest BCUT2D eigenvalue weighted by atomic mass is 10.2. The maximum atomic E-state index is 13.1. The molecule has 0 fully saturated rings. The molecule has 0 atom stereocenters. The lowest BCUT2D eigenvalue weighted by molar-refractivity contribution is 0.0945. The van der Waals surface area contributed by atoms with Crippen LogP contribution in [0.25, 0.3) is 11.5 Å². The van der Waals surface area contributed by atoms with Crippen molar-refractivity contribution in [3.63, 3.8) is 0 Å². The Balaban J connectivity index is 1.76. The van der Waals surface area contributed by atoms with Crippen molar-refractivity contribution < 1.29 is 9.18 Å². The van der Waals surface area contributed by atoms with Gasteiger partial charge in [-0.05, 0) is 35.9 Å². The van der Waals surface area contributed by atoms with Crippen molar-refractivity contribution in [3.05, 3.63) is 52.2 Å². The van der Waals surface area contributed by atoms with Crippen LogP contribution in [0, 0.1) is 12.7 Å². The standard InChI is InChI=1S/C14H11ClFN7O/c1-7-18-11(13-20-22-23-21-13)5-12(19-7)14(24)17-6-8-2-3-10(16)9(15)4-8/h2-5H,6H2,1H3,(H,17,24)(H,20,21,22,23). The highest BCUT2D eigenvalue weighted by Crippen LogP contribution is 2.16. The lowest BCUT2D eigenvalue weighted by Gasteiger charge is -2.07. The summed E-state index contributed by atoms with van der Waals surface area (Å²) in [6.07, 6.45) is 0. The van der Waals surface area contributed by atoms with Crippen LogP contribution in [0.5, 0.6) is 0 Å². The van der Waals surface area contributed by atoms with Crippen molar-refractivity contribution in [2.24, 2.45) is 0 Å². The second kappa shape index (κ2) is 6.67. The molecule has 0 aliphatic carbocycles. The number of H-pyrrole nitrogens is 1. The Bertz CT molecular complexity index is 885. The molecule has 0 aliphatic rings. The van der Waals surface area contributed by atoms with E-state index in [0.29, 0.717) is 17.1 Å². The van der Waals surface area contributed by atoms with Gasteiger partial charge in [0.25, 0.3) is 5.91 Å². The van der Waals surface area contributed by atoms with Crippen molar-refractivity contribution in [1.82, 2.24) is 35.9 Å². The summed E-state index contributed by atoms with van der Waals surface area (Å²) in [7, 11) is 0. The van der Waals surface area contributed by atoms with Crippen LogP contribution in [0.15, 0.2) is 24.3 Å². The van der Waals surface area contributed by atoms with Gasteiger partial charge in [-0.2, -0.15) is 5.21 Å². The fraction of sp³-hybridized carbons (Fsp3) is 0.143. The topological polar surface area (TPSA) is 109 Å². The van der Waals surface area contributed by atoms with E-state index in [-0.39, 0.29) is 23.1 Å². The van der Waals surface area contributed by atoms with Gasteiger partial charge < -0.3 is 5.32 Å². The molecule has 0 aliphatic heterocycles. The minimum absolute atomic E-state index is 0.000905. The number of nitrogens with one attached hydrogen (secondary N) is 2. The fourth-order valence-electron chi connectivity index (χ4n) is 1.99. The molecular weight excluding hydrogens is 337 g/mol. The van der Waals surface area contributed by atoms with E-state index in [2.05, 4.69) is 35.9 Å². The summed E-state index contributed by atoms with van der Waals surface area (Å²) >= 11 is 5.71. The zero-order chi connectivity index (χ0) is 17.1. The Morgan fingerprint density at radius 2 is 2.17 bits per heavy atom. The number of aryl methyl sites for hydroxylation is 1. The fourth-order valence-corrected chi connectivity index (χ4v) is 2.19. The van der Waals surface area contributed by atoms with E-state index in [0.717, 1.165) is 0 Å². The van der Waals surface area contributed by atoms with Crippen LogP contribution in [-0.4, -0.2) is 36.5 Å². The Morgan fingerprint density at radius 3 is 2.88 bits per heavy atom. The molecule has 0 saturated heterocycles. The molecule has 0 saturated carbocycles. The Kier molecular flexibility index (Phi) is 4.43. The summed E-state index contributed by atoms with van der Waals surface area (Å²) in [6.45, 7) is 1.83. The van der Waals surface area contributed by atoms with Gasteiger partial charge in [0.05, 0.1) is 5.02 Å². The summed E-state index contributed by atoms with van der Waals surface area (Å²) in [6, 6.07) is 5.70. The molecule has 3 aromatic rings. The second-order valence-electron chi connectivity index (χ2n) is 4.85. The first kappa shape index (κ1) is 15.9. The van der Waals surface area contributed by atoms with Gasteiger partial charge in [0.2, 0.25) is 5.82 Å². The molecule has 0 unspecified atom stereocenters. The van der Waals surface area contributed by atoms with Crippen molar-refractivity contribution in [2.45, 2.75) is 13.5 Å². The minimum atomic E-state index is -0.511. The van der Waals surface area contributed by atoms with Gasteiger partial charge in [0.1, 0.15) is 23.0 Å². The van der Waals surface area contributed by atoms with Crippen molar-refractivity contribution in [3.8, 4) is 11.5 Å². The lowest BCUT2D eigenvalue weighted by Crippen LogP contribution is -2.24. The maximum absolute atomic E-state index is 13.1. The number of aromatic amines is 1.